The smallest absolute Gasteiger partial charge is 0.330 e. The molecule has 1 rings (SSSR count). The molecule has 126 valence electrons. The molecule has 0 amide bonds. The van der Waals surface area contributed by atoms with Crippen molar-refractivity contribution in [2.75, 3.05) is 6.54 Å². The molecule has 1 aromatic carbocycles. The highest BCUT2D eigenvalue weighted by molar-refractivity contribution is 5.22. The Morgan fingerprint density at radius 2 is 1.14 bits per heavy atom. The van der Waals surface area contributed by atoms with Gasteiger partial charge in [0.15, 0.2) is 0 Å². The molecule has 0 heterocycles. The first-order valence-electron chi connectivity index (χ1n) is 8.36. The summed E-state index contributed by atoms with van der Waals surface area (Å²) in [5, 5.41) is 0. The van der Waals surface area contributed by atoms with Crippen molar-refractivity contribution in [3.63, 3.8) is 0 Å². The van der Waals surface area contributed by atoms with Gasteiger partial charge < -0.3 is 5.73 Å². The Hall–Kier alpha value is -1.03. The molecule has 0 saturated heterocycles. The van der Waals surface area contributed by atoms with Crippen LogP contribution in [-0.4, -0.2) is 12.7 Å². The average molecular weight is 315 g/mol. The van der Waals surface area contributed by atoms with Gasteiger partial charge in [0.25, 0.3) is 0 Å². The van der Waals surface area contributed by atoms with Gasteiger partial charge in [0.2, 0.25) is 0 Å². The van der Waals surface area contributed by atoms with Gasteiger partial charge in [-0.3, -0.25) is 0 Å². The maximum absolute atomic E-state index is 12.0. The summed E-state index contributed by atoms with van der Waals surface area (Å²) in [5.74, 6) is 0. The fourth-order valence-electron chi connectivity index (χ4n) is 2.58. The van der Waals surface area contributed by atoms with E-state index in [1.807, 2.05) is 0 Å². The number of rotatable bonds is 11. The zero-order valence-electron chi connectivity index (χ0n) is 13.3. The number of aryl methyl sites for hydroxylation is 1. The lowest BCUT2D eigenvalue weighted by atomic mass is 10.0. The molecule has 0 fully saturated rings. The molecule has 0 aliphatic rings. The van der Waals surface area contributed by atoms with Crippen molar-refractivity contribution in [1.82, 2.24) is 0 Å². The van der Waals surface area contributed by atoms with Crippen LogP contribution < -0.4 is 5.73 Å². The third-order valence-corrected chi connectivity index (χ3v) is 3.88. The lowest BCUT2D eigenvalue weighted by Gasteiger charge is -2.06. The van der Waals surface area contributed by atoms with Crippen molar-refractivity contribution in [1.29, 1.82) is 0 Å². The Balaban J connectivity index is 1.97. The minimum Gasteiger partial charge on any atom is -0.330 e. The van der Waals surface area contributed by atoms with Gasteiger partial charge >= 0.3 is 6.18 Å². The molecule has 0 aromatic heterocycles. The minimum absolute atomic E-state index is 0.276. The number of hydrogen-bond donors (Lipinski definition) is 1. The van der Waals surface area contributed by atoms with Gasteiger partial charge in [-0.1, -0.05) is 56.4 Å². The predicted molar refractivity (Wildman–Crippen MR) is 85.9 cm³/mol. The molecule has 0 aliphatic carbocycles. The number of benzene rings is 1. The highest BCUT2D eigenvalue weighted by Crippen LogP contribution is 2.23. The Labute approximate surface area is 132 Å². The van der Waals surface area contributed by atoms with Gasteiger partial charge in [0.1, 0.15) is 0 Å². The molecule has 4 heteroatoms. The molecule has 0 atom stereocenters. The van der Waals surface area contributed by atoms with Crippen LogP contribution in [0.5, 0.6) is 0 Å². The zero-order valence-corrected chi connectivity index (χ0v) is 13.3. The average Bonchev–Trinajstić information content (AvgIpc) is 2.46. The van der Waals surface area contributed by atoms with Crippen LogP contribution in [0, 0.1) is 0 Å². The van der Waals surface area contributed by atoms with Gasteiger partial charge in [-0.05, 0) is 43.4 Å². The quantitative estimate of drug-likeness (QED) is 0.543. The van der Waals surface area contributed by atoms with Crippen LogP contribution in [0.1, 0.15) is 62.5 Å². The van der Waals surface area contributed by atoms with Crippen molar-refractivity contribution in [2.24, 2.45) is 5.73 Å². The molecular weight excluding hydrogens is 287 g/mol. The molecule has 1 aromatic rings. The largest absolute Gasteiger partial charge is 0.389 e. The Kier molecular flexibility index (Phi) is 9.21. The monoisotopic (exact) mass is 315 g/mol. The topological polar surface area (TPSA) is 26.0 Å². The van der Waals surface area contributed by atoms with Crippen LogP contribution in [0.3, 0.4) is 0 Å². The van der Waals surface area contributed by atoms with Gasteiger partial charge in [0, 0.05) is 6.42 Å². The van der Waals surface area contributed by atoms with E-state index in [4.69, 9.17) is 5.73 Å². The summed E-state index contributed by atoms with van der Waals surface area (Å²) in [6, 6.07) is 8.62. The first-order valence-corrected chi connectivity index (χ1v) is 8.36. The lowest BCUT2D eigenvalue weighted by molar-refractivity contribution is -0.135. The summed E-state index contributed by atoms with van der Waals surface area (Å²) >= 11 is 0. The van der Waals surface area contributed by atoms with E-state index in [1.54, 1.807) is 0 Å². The van der Waals surface area contributed by atoms with Gasteiger partial charge in [-0.2, -0.15) is 13.2 Å². The first kappa shape index (κ1) is 19.0. The second-order valence-electron chi connectivity index (χ2n) is 5.95. The van der Waals surface area contributed by atoms with Gasteiger partial charge in [-0.25, -0.2) is 0 Å². The fraction of sp³-hybridized carbons (Fsp3) is 0.667. The predicted octanol–water partition coefficient (Wildman–Crippen LogP) is 5.41. The second-order valence-corrected chi connectivity index (χ2v) is 5.95. The molecule has 0 aliphatic heterocycles. The third-order valence-electron chi connectivity index (χ3n) is 3.88. The van der Waals surface area contributed by atoms with Crippen molar-refractivity contribution in [3.05, 3.63) is 35.4 Å². The summed E-state index contributed by atoms with van der Waals surface area (Å²) in [6.45, 7) is 0.683. The number of nitrogens with two attached hydrogens (primary N) is 1. The second kappa shape index (κ2) is 10.7. The molecule has 0 radical (unpaired) electrons. The normalized spacial score (nSPS) is 11.8. The summed E-state index contributed by atoms with van der Waals surface area (Å²) in [6.07, 6.45) is 3.76. The number of unbranched alkanes of at least 4 members (excludes halogenated alkanes) is 6. The van der Waals surface area contributed by atoms with E-state index in [9.17, 15) is 13.2 Å². The zero-order chi connectivity index (χ0) is 16.3. The van der Waals surface area contributed by atoms with Gasteiger partial charge in [0.05, 0.1) is 0 Å². The van der Waals surface area contributed by atoms with Crippen LogP contribution in [0.2, 0.25) is 0 Å². The SMILES string of the molecule is NCCc1ccc(CCCCCCCCCC(F)(F)F)cc1. The molecular formula is C18H28F3N. The molecule has 22 heavy (non-hydrogen) atoms. The number of halogens is 3. The Bertz CT molecular complexity index is 384. The van der Waals surface area contributed by atoms with Crippen LogP contribution in [0.4, 0.5) is 13.2 Å². The summed E-state index contributed by atoms with van der Waals surface area (Å²) in [4.78, 5) is 0. The van der Waals surface area contributed by atoms with Crippen molar-refractivity contribution in [3.8, 4) is 0 Å². The Morgan fingerprint density at radius 1 is 0.682 bits per heavy atom. The van der Waals surface area contributed by atoms with Crippen LogP contribution in [-0.2, 0) is 12.8 Å². The third kappa shape index (κ3) is 9.82. The molecule has 0 spiro atoms. The van der Waals surface area contributed by atoms with E-state index in [0.717, 1.165) is 44.9 Å². The van der Waals surface area contributed by atoms with Crippen LogP contribution >= 0.6 is 0 Å². The van der Waals surface area contributed by atoms with Gasteiger partial charge in [-0.15, -0.1) is 0 Å². The van der Waals surface area contributed by atoms with E-state index < -0.39 is 12.6 Å². The number of hydrogen-bond acceptors (Lipinski definition) is 1. The van der Waals surface area contributed by atoms with Crippen molar-refractivity contribution < 1.29 is 13.2 Å². The minimum atomic E-state index is -3.99. The Morgan fingerprint density at radius 3 is 1.64 bits per heavy atom. The van der Waals surface area contributed by atoms with E-state index in [0.29, 0.717) is 13.0 Å². The molecule has 0 unspecified atom stereocenters. The van der Waals surface area contributed by atoms with Crippen molar-refractivity contribution in [2.45, 2.75) is 70.4 Å². The summed E-state index contributed by atoms with van der Waals surface area (Å²) < 4.78 is 35.9. The van der Waals surface area contributed by atoms with E-state index >= 15 is 0 Å². The summed E-state index contributed by atoms with van der Waals surface area (Å²) in [7, 11) is 0. The molecule has 2 N–H and O–H groups in total. The lowest BCUT2D eigenvalue weighted by Crippen LogP contribution is -2.06. The molecule has 0 saturated carbocycles. The molecule has 1 nitrogen and oxygen atoms in total. The van der Waals surface area contributed by atoms with E-state index in [2.05, 4.69) is 24.3 Å². The highest BCUT2D eigenvalue weighted by atomic mass is 19.4. The van der Waals surface area contributed by atoms with E-state index in [-0.39, 0.29) is 6.42 Å². The van der Waals surface area contributed by atoms with Crippen molar-refractivity contribution >= 4 is 0 Å². The first-order chi connectivity index (χ1) is 10.5. The fourth-order valence-corrected chi connectivity index (χ4v) is 2.58. The molecule has 0 bridgehead atoms. The maximum Gasteiger partial charge on any atom is 0.389 e. The van der Waals surface area contributed by atoms with Crippen LogP contribution in [0.25, 0.3) is 0 Å². The summed E-state index contributed by atoms with van der Waals surface area (Å²) in [5.41, 5.74) is 8.16. The number of alkyl halides is 3. The standard InChI is InChI=1S/C18H28F3N/c19-18(20,21)14-7-5-3-1-2-4-6-8-16-9-11-17(12-10-16)13-15-22/h9-12H,1-8,13-15,22H2. The highest BCUT2D eigenvalue weighted by Gasteiger charge is 2.25. The van der Waals surface area contributed by atoms with Crippen LogP contribution in [0.15, 0.2) is 24.3 Å². The maximum atomic E-state index is 12.0. The van der Waals surface area contributed by atoms with E-state index in [1.165, 1.54) is 11.1 Å².